The molecule has 1 aliphatic rings. The Morgan fingerprint density at radius 1 is 1.23 bits per heavy atom. The normalized spacial score (nSPS) is 14.2. The molecule has 0 bridgehead atoms. The first kappa shape index (κ1) is 18.2. The molecule has 1 amide bonds. The van der Waals surface area contributed by atoms with E-state index in [-0.39, 0.29) is 11.3 Å². The minimum Gasteiger partial charge on any atom is -0.378 e. The summed E-state index contributed by atoms with van der Waals surface area (Å²) in [4.78, 5) is 25.4. The van der Waals surface area contributed by atoms with E-state index in [1.165, 1.54) is 6.07 Å². The summed E-state index contributed by atoms with van der Waals surface area (Å²) in [6.45, 7) is 4.06. The van der Waals surface area contributed by atoms with Crippen LogP contribution in [0.2, 0.25) is 5.02 Å². The van der Waals surface area contributed by atoms with Crippen LogP contribution in [-0.4, -0.2) is 37.1 Å². The number of nitrogens with one attached hydrogen (secondary N) is 1. The highest BCUT2D eigenvalue weighted by Gasteiger charge is 2.23. The molecule has 0 aliphatic carbocycles. The maximum atomic E-state index is 12.5. The molecule has 1 saturated heterocycles. The van der Waals surface area contributed by atoms with Gasteiger partial charge in [-0.2, -0.15) is 0 Å². The summed E-state index contributed by atoms with van der Waals surface area (Å²) in [5.41, 5.74) is 2.04. The molecule has 136 valence electrons. The van der Waals surface area contributed by atoms with Crippen LogP contribution in [0.3, 0.4) is 0 Å². The van der Waals surface area contributed by atoms with Gasteiger partial charge in [0.1, 0.15) is 5.69 Å². The van der Waals surface area contributed by atoms with Crippen LogP contribution >= 0.6 is 11.6 Å². The Hall–Kier alpha value is -2.64. The third-order valence-corrected chi connectivity index (χ3v) is 4.62. The number of hydrogen-bond acceptors (Lipinski definition) is 5. The van der Waals surface area contributed by atoms with Gasteiger partial charge in [-0.15, -0.1) is 0 Å². The largest absolute Gasteiger partial charge is 0.378 e. The Bertz CT molecular complexity index is 850. The molecule has 1 aliphatic heterocycles. The fraction of sp³-hybridized carbons (Fsp3) is 0.278. The van der Waals surface area contributed by atoms with Gasteiger partial charge in [-0.1, -0.05) is 17.7 Å². The number of aryl methyl sites for hydroxylation is 1. The summed E-state index contributed by atoms with van der Waals surface area (Å²) in [7, 11) is 0. The minimum atomic E-state index is -0.468. The zero-order valence-electron chi connectivity index (χ0n) is 14.2. The van der Waals surface area contributed by atoms with Crippen molar-refractivity contribution in [3.8, 4) is 0 Å². The topological polar surface area (TPSA) is 84.7 Å². The molecular formula is C18H18ClN3O4. The molecule has 2 aromatic carbocycles. The molecule has 1 fully saturated rings. The monoisotopic (exact) mass is 375 g/mol. The van der Waals surface area contributed by atoms with Crippen LogP contribution in [0.15, 0.2) is 36.4 Å². The highest BCUT2D eigenvalue weighted by atomic mass is 35.5. The highest BCUT2D eigenvalue weighted by molar-refractivity contribution is 6.31. The Kier molecular flexibility index (Phi) is 5.39. The fourth-order valence-electron chi connectivity index (χ4n) is 2.76. The Balaban J connectivity index is 1.85. The standard InChI is InChI=1S/C18H18ClN3O4/c1-12-2-4-14(11-15(12)19)20-18(23)13-3-5-16(17(10-13)22(24)25)21-6-8-26-9-7-21/h2-5,10-11H,6-9H2,1H3,(H,20,23). The van der Waals surface area contributed by atoms with E-state index in [1.807, 2.05) is 11.8 Å². The van der Waals surface area contributed by atoms with Gasteiger partial charge in [0.15, 0.2) is 0 Å². The number of nitro groups is 1. The second-order valence-corrected chi connectivity index (χ2v) is 6.39. The number of benzene rings is 2. The molecule has 1 heterocycles. The van der Waals surface area contributed by atoms with Crippen LogP contribution in [0.25, 0.3) is 0 Å². The number of rotatable bonds is 4. The second-order valence-electron chi connectivity index (χ2n) is 5.98. The van der Waals surface area contributed by atoms with Crippen molar-refractivity contribution in [3.05, 3.63) is 62.7 Å². The van der Waals surface area contributed by atoms with Gasteiger partial charge in [-0.25, -0.2) is 0 Å². The highest BCUT2D eigenvalue weighted by Crippen LogP contribution is 2.30. The molecule has 0 atom stereocenters. The zero-order chi connectivity index (χ0) is 18.7. The molecule has 0 spiro atoms. The molecule has 3 rings (SSSR count). The summed E-state index contributed by atoms with van der Waals surface area (Å²) >= 11 is 6.06. The van der Waals surface area contributed by atoms with Crippen molar-refractivity contribution in [2.75, 3.05) is 36.5 Å². The molecule has 0 aromatic heterocycles. The summed E-state index contributed by atoms with van der Waals surface area (Å²) in [6.07, 6.45) is 0. The van der Waals surface area contributed by atoms with E-state index in [0.29, 0.717) is 42.7 Å². The van der Waals surface area contributed by atoms with E-state index in [9.17, 15) is 14.9 Å². The van der Waals surface area contributed by atoms with E-state index in [2.05, 4.69) is 5.32 Å². The maximum Gasteiger partial charge on any atom is 0.293 e. The minimum absolute atomic E-state index is 0.0958. The van der Waals surface area contributed by atoms with Crippen molar-refractivity contribution in [2.45, 2.75) is 6.92 Å². The lowest BCUT2D eigenvalue weighted by Gasteiger charge is -2.28. The molecule has 0 unspecified atom stereocenters. The number of nitrogens with zero attached hydrogens (tertiary/aromatic N) is 2. The number of amides is 1. The summed E-state index contributed by atoms with van der Waals surface area (Å²) < 4.78 is 5.28. The fourth-order valence-corrected chi connectivity index (χ4v) is 2.94. The third-order valence-electron chi connectivity index (χ3n) is 4.22. The molecule has 1 N–H and O–H groups in total. The molecule has 26 heavy (non-hydrogen) atoms. The first-order valence-corrected chi connectivity index (χ1v) is 8.52. The van der Waals surface area contributed by atoms with Crippen molar-refractivity contribution in [1.82, 2.24) is 0 Å². The predicted octanol–water partition coefficient (Wildman–Crippen LogP) is 3.65. The van der Waals surface area contributed by atoms with Crippen molar-refractivity contribution >= 4 is 34.6 Å². The van der Waals surface area contributed by atoms with Crippen LogP contribution < -0.4 is 10.2 Å². The number of anilines is 2. The van der Waals surface area contributed by atoms with Crippen molar-refractivity contribution in [2.24, 2.45) is 0 Å². The number of hydrogen-bond donors (Lipinski definition) is 1. The Morgan fingerprint density at radius 3 is 2.62 bits per heavy atom. The van der Waals surface area contributed by atoms with Crippen molar-refractivity contribution in [1.29, 1.82) is 0 Å². The smallest absolute Gasteiger partial charge is 0.293 e. The van der Waals surface area contributed by atoms with Crippen LogP contribution in [0.4, 0.5) is 17.1 Å². The summed E-state index contributed by atoms with van der Waals surface area (Å²) in [5.74, 6) is -0.429. The van der Waals surface area contributed by atoms with E-state index < -0.39 is 10.8 Å². The molecule has 2 aromatic rings. The Morgan fingerprint density at radius 2 is 1.96 bits per heavy atom. The average molecular weight is 376 g/mol. The average Bonchev–Trinajstić information content (AvgIpc) is 2.65. The number of carbonyl (C=O) groups is 1. The third kappa shape index (κ3) is 3.95. The van der Waals surface area contributed by atoms with Crippen LogP contribution in [0.5, 0.6) is 0 Å². The molecule has 0 saturated carbocycles. The van der Waals surface area contributed by atoms with Gasteiger partial charge in [-0.05, 0) is 36.8 Å². The van der Waals surface area contributed by atoms with Gasteiger partial charge < -0.3 is 15.0 Å². The molecule has 0 radical (unpaired) electrons. The number of halogens is 1. The van der Waals surface area contributed by atoms with Crippen molar-refractivity contribution in [3.63, 3.8) is 0 Å². The number of ether oxygens (including phenoxy) is 1. The Labute approximate surface area is 155 Å². The van der Waals surface area contributed by atoms with Gasteiger partial charge in [0.2, 0.25) is 0 Å². The van der Waals surface area contributed by atoms with E-state index in [1.54, 1.807) is 30.3 Å². The lowest BCUT2D eigenvalue weighted by Crippen LogP contribution is -2.36. The first-order valence-electron chi connectivity index (χ1n) is 8.14. The molecule has 7 nitrogen and oxygen atoms in total. The predicted molar refractivity (Wildman–Crippen MR) is 100 cm³/mol. The van der Waals surface area contributed by atoms with E-state index in [0.717, 1.165) is 5.56 Å². The lowest BCUT2D eigenvalue weighted by atomic mass is 10.1. The maximum absolute atomic E-state index is 12.5. The quantitative estimate of drug-likeness (QED) is 0.651. The summed E-state index contributed by atoms with van der Waals surface area (Å²) in [5, 5.41) is 14.7. The second kappa shape index (κ2) is 7.72. The number of carbonyl (C=O) groups excluding carboxylic acids is 1. The zero-order valence-corrected chi connectivity index (χ0v) is 15.0. The van der Waals surface area contributed by atoms with Gasteiger partial charge in [0, 0.05) is 35.4 Å². The van der Waals surface area contributed by atoms with E-state index in [4.69, 9.17) is 16.3 Å². The first-order chi connectivity index (χ1) is 12.5. The van der Waals surface area contributed by atoms with Gasteiger partial charge >= 0.3 is 0 Å². The van der Waals surface area contributed by atoms with Gasteiger partial charge in [0.05, 0.1) is 18.1 Å². The number of nitro benzene ring substituents is 1. The van der Waals surface area contributed by atoms with Crippen molar-refractivity contribution < 1.29 is 14.5 Å². The summed E-state index contributed by atoms with van der Waals surface area (Å²) in [6, 6.07) is 9.67. The van der Waals surface area contributed by atoms with Crippen LogP contribution in [0.1, 0.15) is 15.9 Å². The van der Waals surface area contributed by atoms with Gasteiger partial charge in [0.25, 0.3) is 11.6 Å². The van der Waals surface area contributed by atoms with E-state index >= 15 is 0 Å². The van der Waals surface area contributed by atoms with Gasteiger partial charge in [-0.3, -0.25) is 14.9 Å². The van der Waals surface area contributed by atoms with Crippen LogP contribution in [-0.2, 0) is 4.74 Å². The van der Waals surface area contributed by atoms with Crippen LogP contribution in [0, 0.1) is 17.0 Å². The molecular weight excluding hydrogens is 358 g/mol. The SMILES string of the molecule is Cc1ccc(NC(=O)c2ccc(N3CCOCC3)c([N+](=O)[O-])c2)cc1Cl. The lowest BCUT2D eigenvalue weighted by molar-refractivity contribution is -0.384. The number of morpholine rings is 1. The molecule has 8 heteroatoms.